The quantitative estimate of drug-likeness (QED) is 0.535. The first-order valence-electron chi connectivity index (χ1n) is 8.33. The van der Waals surface area contributed by atoms with Crippen molar-refractivity contribution in [2.75, 3.05) is 10.6 Å². The number of anilines is 2. The van der Waals surface area contributed by atoms with E-state index in [1.54, 1.807) is 30.3 Å². The lowest BCUT2D eigenvalue weighted by Gasteiger charge is -2.07. The molecular weight excluding hydrogens is 419 g/mol. The van der Waals surface area contributed by atoms with Crippen molar-refractivity contribution < 1.29 is 4.79 Å². The summed E-state index contributed by atoms with van der Waals surface area (Å²) in [7, 11) is 0. The Kier molecular flexibility index (Phi) is 5.22. The largest absolute Gasteiger partial charge is 0.343 e. The monoisotopic (exact) mass is 430 g/mol. The maximum atomic E-state index is 12.5. The molecule has 0 saturated heterocycles. The van der Waals surface area contributed by atoms with Gasteiger partial charge in [0.1, 0.15) is 11.5 Å². The fourth-order valence-corrected chi connectivity index (χ4v) is 3.51. The van der Waals surface area contributed by atoms with Crippen molar-refractivity contribution in [3.8, 4) is 0 Å². The predicted molar refractivity (Wildman–Crippen MR) is 115 cm³/mol. The van der Waals surface area contributed by atoms with Crippen LogP contribution in [0.25, 0.3) is 0 Å². The first kappa shape index (κ1) is 18.7. The third kappa shape index (κ3) is 3.97. The van der Waals surface area contributed by atoms with Gasteiger partial charge in [-0.2, -0.15) is 0 Å². The van der Waals surface area contributed by atoms with E-state index in [4.69, 9.17) is 34.8 Å². The van der Waals surface area contributed by atoms with Crippen LogP contribution in [0.1, 0.15) is 15.9 Å². The number of carbonyl (C=O) groups is 1. The Morgan fingerprint density at radius 2 is 1.86 bits per heavy atom. The molecule has 1 amide bonds. The van der Waals surface area contributed by atoms with Crippen molar-refractivity contribution in [1.82, 2.24) is 4.98 Å². The second-order valence-electron chi connectivity index (χ2n) is 6.15. The summed E-state index contributed by atoms with van der Waals surface area (Å²) in [4.78, 5) is 21.0. The summed E-state index contributed by atoms with van der Waals surface area (Å²) in [6, 6.07) is 12.4. The van der Waals surface area contributed by atoms with Crippen molar-refractivity contribution in [2.24, 2.45) is 4.99 Å². The lowest BCUT2D eigenvalue weighted by Crippen LogP contribution is -2.12. The van der Waals surface area contributed by atoms with Gasteiger partial charge in [0.2, 0.25) is 0 Å². The number of fused-ring (bicyclic) bond motifs is 1. The standard InChI is InChI=1S/C20H13Cl3N4O/c21-13-2-1-3-14(8-13)25-20(28)11-4-5-17-12(6-11)7-18(26-17)27-19-15(22)9-24-10-16(19)23/h1-6,8-10H,7H2,(H,25,28)(H,24,26,27). The molecule has 0 saturated carbocycles. The summed E-state index contributed by atoms with van der Waals surface area (Å²) >= 11 is 18.2. The molecule has 2 aromatic carbocycles. The molecule has 2 heterocycles. The minimum absolute atomic E-state index is 0.212. The van der Waals surface area contributed by atoms with Gasteiger partial charge in [-0.05, 0) is 42.0 Å². The molecular formula is C20H13Cl3N4O. The first-order valence-corrected chi connectivity index (χ1v) is 9.46. The zero-order chi connectivity index (χ0) is 19.7. The molecule has 4 rings (SSSR count). The SMILES string of the molecule is O=C(Nc1cccc(Cl)c1)c1ccc2c(c1)CC(=Nc1c(Cl)cncc1Cl)N2. The minimum atomic E-state index is -0.212. The molecule has 1 aliphatic heterocycles. The van der Waals surface area contributed by atoms with Crippen LogP contribution in [-0.4, -0.2) is 16.7 Å². The van der Waals surface area contributed by atoms with Crippen LogP contribution in [-0.2, 0) is 6.42 Å². The molecule has 0 spiro atoms. The van der Waals surface area contributed by atoms with Gasteiger partial charge >= 0.3 is 0 Å². The van der Waals surface area contributed by atoms with Gasteiger partial charge in [0, 0.05) is 40.8 Å². The second kappa shape index (κ2) is 7.80. The smallest absolute Gasteiger partial charge is 0.255 e. The van der Waals surface area contributed by atoms with Gasteiger partial charge in [0.05, 0.1) is 10.0 Å². The molecule has 28 heavy (non-hydrogen) atoms. The van der Waals surface area contributed by atoms with Gasteiger partial charge in [-0.1, -0.05) is 40.9 Å². The average molecular weight is 432 g/mol. The van der Waals surface area contributed by atoms with E-state index in [1.165, 1.54) is 12.4 Å². The van der Waals surface area contributed by atoms with Crippen LogP contribution in [0.5, 0.6) is 0 Å². The molecule has 140 valence electrons. The molecule has 3 aromatic rings. The summed E-state index contributed by atoms with van der Waals surface area (Å²) in [6.07, 6.45) is 3.52. The number of hydrogen-bond acceptors (Lipinski definition) is 3. The van der Waals surface area contributed by atoms with Crippen molar-refractivity contribution >= 4 is 63.6 Å². The highest BCUT2D eigenvalue weighted by molar-refractivity contribution is 6.38. The molecule has 1 aliphatic rings. The molecule has 1 aromatic heterocycles. The number of amides is 1. The highest BCUT2D eigenvalue weighted by Crippen LogP contribution is 2.33. The number of rotatable bonds is 3. The third-order valence-corrected chi connectivity index (χ3v) is 4.95. The van der Waals surface area contributed by atoms with E-state index in [0.29, 0.717) is 44.3 Å². The number of amidine groups is 1. The number of pyridine rings is 1. The highest BCUT2D eigenvalue weighted by Gasteiger charge is 2.19. The zero-order valence-corrected chi connectivity index (χ0v) is 16.6. The van der Waals surface area contributed by atoms with E-state index in [2.05, 4.69) is 20.6 Å². The van der Waals surface area contributed by atoms with Crippen molar-refractivity contribution in [1.29, 1.82) is 0 Å². The van der Waals surface area contributed by atoms with Crippen LogP contribution < -0.4 is 10.6 Å². The zero-order valence-electron chi connectivity index (χ0n) is 14.3. The van der Waals surface area contributed by atoms with Gasteiger partial charge < -0.3 is 10.6 Å². The molecule has 0 unspecified atom stereocenters. The molecule has 0 bridgehead atoms. The van der Waals surface area contributed by atoms with E-state index < -0.39 is 0 Å². The number of hydrogen-bond donors (Lipinski definition) is 2. The molecule has 0 atom stereocenters. The lowest BCUT2D eigenvalue weighted by molar-refractivity contribution is 0.102. The number of aromatic nitrogens is 1. The maximum absolute atomic E-state index is 12.5. The number of benzene rings is 2. The Bertz CT molecular complexity index is 1090. The fourth-order valence-electron chi connectivity index (χ4n) is 2.87. The van der Waals surface area contributed by atoms with E-state index in [0.717, 1.165) is 11.3 Å². The van der Waals surface area contributed by atoms with Crippen LogP contribution >= 0.6 is 34.8 Å². The Balaban J connectivity index is 1.54. The topological polar surface area (TPSA) is 66.4 Å². The van der Waals surface area contributed by atoms with Gasteiger partial charge in [-0.15, -0.1) is 0 Å². The molecule has 0 fully saturated rings. The van der Waals surface area contributed by atoms with Crippen LogP contribution in [0, 0.1) is 0 Å². The van der Waals surface area contributed by atoms with E-state index in [9.17, 15) is 4.79 Å². The van der Waals surface area contributed by atoms with Crippen LogP contribution in [0.4, 0.5) is 17.1 Å². The molecule has 0 radical (unpaired) electrons. The second-order valence-corrected chi connectivity index (χ2v) is 7.40. The van der Waals surface area contributed by atoms with Crippen molar-refractivity contribution in [3.05, 3.63) is 81.1 Å². The van der Waals surface area contributed by atoms with Gasteiger partial charge in [0.15, 0.2) is 0 Å². The van der Waals surface area contributed by atoms with Crippen LogP contribution in [0.3, 0.4) is 0 Å². The van der Waals surface area contributed by atoms with E-state index in [-0.39, 0.29) is 5.91 Å². The number of halogens is 3. The van der Waals surface area contributed by atoms with Gasteiger partial charge in [0.25, 0.3) is 5.91 Å². The van der Waals surface area contributed by atoms with Crippen LogP contribution in [0.15, 0.2) is 59.9 Å². The Hall–Kier alpha value is -2.60. The van der Waals surface area contributed by atoms with Crippen molar-refractivity contribution in [3.63, 3.8) is 0 Å². The fraction of sp³-hybridized carbons (Fsp3) is 0.0500. The van der Waals surface area contributed by atoms with Crippen LogP contribution in [0.2, 0.25) is 15.1 Å². The molecule has 5 nitrogen and oxygen atoms in total. The summed E-state index contributed by atoms with van der Waals surface area (Å²) in [6.45, 7) is 0. The van der Waals surface area contributed by atoms with Gasteiger partial charge in [-0.3, -0.25) is 9.78 Å². The Morgan fingerprint density at radius 3 is 2.61 bits per heavy atom. The number of nitrogens with zero attached hydrogens (tertiary/aromatic N) is 2. The van der Waals surface area contributed by atoms with E-state index in [1.807, 2.05) is 12.1 Å². The summed E-state index contributed by atoms with van der Waals surface area (Å²) < 4.78 is 0. The Labute approximate surface area is 176 Å². The molecule has 2 N–H and O–H groups in total. The summed E-state index contributed by atoms with van der Waals surface area (Å²) in [5, 5.41) is 7.37. The predicted octanol–water partition coefficient (Wildman–Crippen LogP) is 5.99. The maximum Gasteiger partial charge on any atom is 0.255 e. The Morgan fingerprint density at radius 1 is 1.07 bits per heavy atom. The minimum Gasteiger partial charge on any atom is -0.343 e. The molecule has 8 heteroatoms. The number of carbonyl (C=O) groups excluding carboxylic acids is 1. The molecule has 0 aliphatic carbocycles. The van der Waals surface area contributed by atoms with Gasteiger partial charge in [-0.25, -0.2) is 4.99 Å². The lowest BCUT2D eigenvalue weighted by atomic mass is 10.1. The van der Waals surface area contributed by atoms with E-state index >= 15 is 0 Å². The average Bonchev–Trinajstić information content (AvgIpc) is 3.06. The number of nitrogens with one attached hydrogen (secondary N) is 2. The highest BCUT2D eigenvalue weighted by atomic mass is 35.5. The number of aliphatic imine (C=N–C) groups is 1. The normalized spacial score (nSPS) is 13.9. The first-order chi connectivity index (χ1) is 13.5. The third-order valence-electron chi connectivity index (χ3n) is 4.16. The van der Waals surface area contributed by atoms with Crippen molar-refractivity contribution in [2.45, 2.75) is 6.42 Å². The summed E-state index contributed by atoms with van der Waals surface area (Å²) in [5.41, 5.74) is 3.49. The summed E-state index contributed by atoms with van der Waals surface area (Å²) in [5.74, 6) is 0.480.